The summed E-state index contributed by atoms with van der Waals surface area (Å²) in [6, 6.07) is 22.9. The van der Waals surface area contributed by atoms with Gasteiger partial charge in [0, 0.05) is 17.2 Å². The zero-order valence-electron chi connectivity index (χ0n) is 14.6. The second-order valence-electron chi connectivity index (χ2n) is 6.15. The molecular formula is C22H15BrN2O3. The number of carbonyl (C=O) groups excluding carboxylic acids is 1. The first-order chi connectivity index (χ1) is 13.6. The van der Waals surface area contributed by atoms with E-state index in [1.165, 1.54) is 16.7 Å². The summed E-state index contributed by atoms with van der Waals surface area (Å²) in [7, 11) is 0. The third-order valence-electron chi connectivity index (χ3n) is 4.35. The Bertz CT molecular complexity index is 1160. The van der Waals surface area contributed by atoms with Gasteiger partial charge in [0.25, 0.3) is 5.91 Å². The van der Waals surface area contributed by atoms with Crippen LogP contribution in [0.5, 0.6) is 11.5 Å². The van der Waals surface area contributed by atoms with Gasteiger partial charge >= 0.3 is 0 Å². The molecule has 0 aliphatic rings. The lowest BCUT2D eigenvalue weighted by molar-refractivity contribution is 0.0956. The van der Waals surface area contributed by atoms with Crippen LogP contribution in [0, 0.1) is 0 Å². The van der Waals surface area contributed by atoms with E-state index in [9.17, 15) is 15.0 Å². The van der Waals surface area contributed by atoms with Crippen molar-refractivity contribution in [2.24, 2.45) is 0 Å². The lowest BCUT2D eigenvalue weighted by atomic mass is 10.0. The molecule has 0 aliphatic heterocycles. The molecule has 2 N–H and O–H groups in total. The summed E-state index contributed by atoms with van der Waals surface area (Å²) in [4.78, 5) is 17.9. The van der Waals surface area contributed by atoms with Crippen LogP contribution in [-0.2, 0) is 0 Å². The first kappa shape index (κ1) is 18.0. The molecule has 0 unspecified atom stereocenters. The maximum absolute atomic E-state index is 13.3. The van der Waals surface area contributed by atoms with Crippen LogP contribution >= 0.6 is 15.9 Å². The summed E-state index contributed by atoms with van der Waals surface area (Å²) in [5.74, 6) is -0.879. The number of phenolic OH excluding ortho intramolecular Hbond substituents is 2. The van der Waals surface area contributed by atoms with E-state index in [0.717, 1.165) is 17.2 Å². The van der Waals surface area contributed by atoms with Crippen LogP contribution in [0.4, 0.5) is 0 Å². The minimum Gasteiger partial charge on any atom is -0.508 e. The number of imidazole rings is 1. The van der Waals surface area contributed by atoms with E-state index in [-0.39, 0.29) is 17.1 Å². The maximum Gasteiger partial charge on any atom is 0.268 e. The van der Waals surface area contributed by atoms with E-state index >= 15 is 0 Å². The van der Waals surface area contributed by atoms with Gasteiger partial charge < -0.3 is 10.2 Å². The Morgan fingerprint density at radius 1 is 0.857 bits per heavy atom. The van der Waals surface area contributed by atoms with Gasteiger partial charge in [-0.25, -0.2) is 4.98 Å². The minimum atomic E-state index is -0.460. The van der Waals surface area contributed by atoms with Crippen LogP contribution in [0.3, 0.4) is 0 Å². The predicted molar refractivity (Wildman–Crippen MR) is 110 cm³/mol. The van der Waals surface area contributed by atoms with E-state index in [4.69, 9.17) is 0 Å². The summed E-state index contributed by atoms with van der Waals surface area (Å²) < 4.78 is 1.74. The molecule has 3 aromatic carbocycles. The molecule has 4 rings (SSSR count). The van der Waals surface area contributed by atoms with Gasteiger partial charge in [0.2, 0.25) is 0 Å². The highest BCUT2D eigenvalue weighted by atomic mass is 79.9. The number of carbonyl (C=O) groups is 1. The van der Waals surface area contributed by atoms with Gasteiger partial charge in [0.05, 0.1) is 17.0 Å². The molecular weight excluding hydrogens is 420 g/mol. The Morgan fingerprint density at radius 3 is 2.07 bits per heavy atom. The van der Waals surface area contributed by atoms with Crippen molar-refractivity contribution in [2.75, 3.05) is 0 Å². The quantitative estimate of drug-likeness (QED) is 0.471. The Hall–Kier alpha value is -3.38. The van der Waals surface area contributed by atoms with E-state index < -0.39 is 5.91 Å². The van der Waals surface area contributed by atoms with E-state index in [1.54, 1.807) is 0 Å². The SMILES string of the molecule is O=C(c1ccc(O)cc1O)n1c(Br)nc(-c2ccccc2)c1-c1ccccc1. The van der Waals surface area contributed by atoms with Crippen LogP contribution in [-0.4, -0.2) is 25.7 Å². The monoisotopic (exact) mass is 434 g/mol. The smallest absolute Gasteiger partial charge is 0.268 e. The van der Waals surface area contributed by atoms with Crippen molar-refractivity contribution in [1.82, 2.24) is 9.55 Å². The lowest BCUT2D eigenvalue weighted by Crippen LogP contribution is -2.14. The molecule has 1 heterocycles. The van der Waals surface area contributed by atoms with Gasteiger partial charge in [-0.3, -0.25) is 9.36 Å². The first-order valence-electron chi connectivity index (χ1n) is 8.52. The maximum atomic E-state index is 13.3. The third kappa shape index (κ3) is 3.18. The van der Waals surface area contributed by atoms with Crippen LogP contribution in [0.1, 0.15) is 10.4 Å². The van der Waals surface area contributed by atoms with Crippen molar-refractivity contribution in [2.45, 2.75) is 0 Å². The van der Waals surface area contributed by atoms with Crippen molar-refractivity contribution in [3.63, 3.8) is 0 Å². The lowest BCUT2D eigenvalue weighted by Gasteiger charge is -2.11. The highest BCUT2D eigenvalue weighted by Crippen LogP contribution is 2.36. The Kier molecular flexibility index (Phi) is 4.71. The molecule has 0 saturated carbocycles. The molecule has 4 aromatic rings. The van der Waals surface area contributed by atoms with Crippen molar-refractivity contribution in [3.8, 4) is 34.0 Å². The second-order valence-corrected chi connectivity index (χ2v) is 6.86. The molecule has 0 bridgehead atoms. The van der Waals surface area contributed by atoms with Crippen molar-refractivity contribution in [3.05, 3.63) is 89.2 Å². The van der Waals surface area contributed by atoms with Gasteiger partial charge in [-0.15, -0.1) is 0 Å². The number of aromatic nitrogens is 2. The Balaban J connectivity index is 1.97. The van der Waals surface area contributed by atoms with Gasteiger partial charge in [-0.2, -0.15) is 0 Å². The fourth-order valence-corrected chi connectivity index (χ4v) is 3.57. The van der Waals surface area contributed by atoms with Gasteiger partial charge in [-0.05, 0) is 28.1 Å². The number of rotatable bonds is 3. The summed E-state index contributed by atoms with van der Waals surface area (Å²) in [6.45, 7) is 0. The zero-order valence-corrected chi connectivity index (χ0v) is 16.2. The number of phenols is 2. The highest BCUT2D eigenvalue weighted by Gasteiger charge is 2.25. The molecule has 0 radical (unpaired) electrons. The van der Waals surface area contributed by atoms with Crippen molar-refractivity contribution < 1.29 is 15.0 Å². The molecule has 0 saturated heterocycles. The fraction of sp³-hybridized carbons (Fsp3) is 0. The van der Waals surface area contributed by atoms with E-state index in [2.05, 4.69) is 20.9 Å². The summed E-state index contributed by atoms with van der Waals surface area (Å²) >= 11 is 3.40. The minimum absolute atomic E-state index is 0.0627. The van der Waals surface area contributed by atoms with Crippen LogP contribution in [0.15, 0.2) is 83.6 Å². The molecule has 0 aliphatic carbocycles. The number of hydrogen-bond donors (Lipinski definition) is 2. The van der Waals surface area contributed by atoms with Gasteiger partial charge in [0.15, 0.2) is 4.73 Å². The number of nitrogens with zero attached hydrogens (tertiary/aromatic N) is 2. The molecule has 0 amide bonds. The molecule has 0 spiro atoms. The third-order valence-corrected chi connectivity index (χ3v) is 4.88. The van der Waals surface area contributed by atoms with E-state index in [1.807, 2.05) is 60.7 Å². The van der Waals surface area contributed by atoms with Crippen molar-refractivity contribution >= 4 is 21.8 Å². The topological polar surface area (TPSA) is 75.3 Å². The normalized spacial score (nSPS) is 10.8. The van der Waals surface area contributed by atoms with Crippen LogP contribution in [0.2, 0.25) is 0 Å². The average molecular weight is 435 g/mol. The van der Waals surface area contributed by atoms with Crippen LogP contribution in [0.25, 0.3) is 22.5 Å². The van der Waals surface area contributed by atoms with Crippen LogP contribution < -0.4 is 0 Å². The molecule has 1 aromatic heterocycles. The summed E-state index contributed by atoms with van der Waals surface area (Å²) in [5, 5.41) is 19.7. The number of aromatic hydroxyl groups is 2. The first-order valence-corrected chi connectivity index (χ1v) is 9.31. The molecule has 5 nitrogen and oxygen atoms in total. The molecule has 138 valence electrons. The number of halogens is 1. The largest absolute Gasteiger partial charge is 0.508 e. The number of hydrogen-bond acceptors (Lipinski definition) is 4. The molecule has 0 atom stereocenters. The molecule has 28 heavy (non-hydrogen) atoms. The Labute approximate surface area is 169 Å². The van der Waals surface area contributed by atoms with Gasteiger partial charge in [0.1, 0.15) is 11.5 Å². The Morgan fingerprint density at radius 2 is 1.46 bits per heavy atom. The predicted octanol–water partition coefficient (Wildman–Crippen LogP) is 5.08. The average Bonchev–Trinajstić information content (AvgIpc) is 3.06. The molecule has 0 fully saturated rings. The standard InChI is InChI=1S/C22H15BrN2O3/c23-22-24-19(14-7-3-1-4-8-14)20(15-9-5-2-6-10-15)25(22)21(28)17-12-11-16(26)13-18(17)27/h1-13,26-27H. The van der Waals surface area contributed by atoms with E-state index in [0.29, 0.717) is 16.1 Å². The number of benzene rings is 3. The van der Waals surface area contributed by atoms with Crippen molar-refractivity contribution in [1.29, 1.82) is 0 Å². The summed E-state index contributed by atoms with van der Waals surface area (Å²) in [5.41, 5.74) is 2.99. The zero-order chi connectivity index (χ0) is 19.7. The highest BCUT2D eigenvalue weighted by molar-refractivity contribution is 9.10. The second kappa shape index (κ2) is 7.32. The van der Waals surface area contributed by atoms with Gasteiger partial charge in [-0.1, -0.05) is 60.7 Å². The molecule has 6 heteroatoms. The fourth-order valence-electron chi connectivity index (χ4n) is 3.06. The summed E-state index contributed by atoms with van der Waals surface area (Å²) in [6.07, 6.45) is 0.